The van der Waals surface area contributed by atoms with Gasteiger partial charge in [-0.2, -0.15) is 0 Å². The minimum atomic E-state index is 0.159. The van der Waals surface area contributed by atoms with E-state index in [9.17, 15) is 0 Å². The largest absolute Gasteiger partial charge is 0.396 e. The highest BCUT2D eigenvalue weighted by Gasteiger charge is 2.07. The monoisotopic (exact) mass is 230 g/mol. The summed E-state index contributed by atoms with van der Waals surface area (Å²) in [5.41, 5.74) is 1.70. The summed E-state index contributed by atoms with van der Waals surface area (Å²) in [6.45, 7) is 0.821. The van der Waals surface area contributed by atoms with E-state index in [1.54, 1.807) is 0 Å². The fourth-order valence-corrected chi connectivity index (χ4v) is 1.48. The topological polar surface area (TPSA) is 70.9 Å². The first kappa shape index (κ1) is 11.5. The first-order chi connectivity index (χ1) is 8.42. The second kappa shape index (κ2) is 5.91. The number of hydrogen-bond donors (Lipinski definition) is 2. The van der Waals surface area contributed by atoms with Gasteiger partial charge in [0.2, 0.25) is 0 Å². The number of rotatable bonds is 5. The standard InChI is InChI=1S/C12H14N4O/c17-8-4-7-13-12-11(16-15-9-14-12)10-5-2-1-3-6-10/h1-3,5-6,9,17H,4,7-8H2,(H,13,14,15). The quantitative estimate of drug-likeness (QED) is 0.758. The van der Waals surface area contributed by atoms with E-state index in [4.69, 9.17) is 5.11 Å². The summed E-state index contributed by atoms with van der Waals surface area (Å²) in [4.78, 5) is 4.16. The summed E-state index contributed by atoms with van der Waals surface area (Å²) in [5, 5.41) is 19.8. The lowest BCUT2D eigenvalue weighted by Gasteiger charge is -2.08. The van der Waals surface area contributed by atoms with Crippen molar-refractivity contribution in [3.8, 4) is 11.3 Å². The molecule has 0 radical (unpaired) electrons. The van der Waals surface area contributed by atoms with Gasteiger partial charge in [0.15, 0.2) is 5.82 Å². The van der Waals surface area contributed by atoms with Crippen molar-refractivity contribution in [3.05, 3.63) is 36.7 Å². The average molecular weight is 230 g/mol. The molecular weight excluding hydrogens is 216 g/mol. The molecule has 17 heavy (non-hydrogen) atoms. The minimum absolute atomic E-state index is 0.159. The Labute approximate surface area is 99.6 Å². The van der Waals surface area contributed by atoms with Gasteiger partial charge >= 0.3 is 0 Å². The fourth-order valence-electron chi connectivity index (χ4n) is 1.48. The number of aromatic nitrogens is 3. The number of anilines is 1. The molecule has 1 aromatic heterocycles. The molecule has 0 saturated heterocycles. The molecule has 0 unspecified atom stereocenters. The number of benzene rings is 1. The van der Waals surface area contributed by atoms with Crippen LogP contribution in [0.1, 0.15) is 6.42 Å². The molecule has 5 heteroatoms. The molecule has 1 aromatic carbocycles. The molecule has 2 rings (SSSR count). The van der Waals surface area contributed by atoms with Gasteiger partial charge in [0.25, 0.3) is 0 Å². The van der Waals surface area contributed by atoms with Crippen molar-refractivity contribution in [1.82, 2.24) is 15.2 Å². The lowest BCUT2D eigenvalue weighted by molar-refractivity contribution is 0.292. The van der Waals surface area contributed by atoms with Crippen molar-refractivity contribution in [2.75, 3.05) is 18.5 Å². The maximum absolute atomic E-state index is 8.74. The van der Waals surface area contributed by atoms with Crippen molar-refractivity contribution < 1.29 is 5.11 Å². The third-order valence-electron chi connectivity index (χ3n) is 2.30. The zero-order valence-corrected chi connectivity index (χ0v) is 9.37. The van der Waals surface area contributed by atoms with Crippen LogP contribution >= 0.6 is 0 Å². The van der Waals surface area contributed by atoms with Crippen LogP contribution in [0.25, 0.3) is 11.3 Å². The van der Waals surface area contributed by atoms with Crippen LogP contribution in [-0.2, 0) is 0 Å². The maximum atomic E-state index is 8.74. The second-order valence-corrected chi connectivity index (χ2v) is 3.53. The number of nitrogens with one attached hydrogen (secondary N) is 1. The van der Waals surface area contributed by atoms with E-state index in [1.165, 1.54) is 6.33 Å². The molecule has 2 N–H and O–H groups in total. The highest BCUT2D eigenvalue weighted by atomic mass is 16.3. The molecule has 0 fully saturated rings. The van der Waals surface area contributed by atoms with Crippen molar-refractivity contribution in [1.29, 1.82) is 0 Å². The first-order valence-electron chi connectivity index (χ1n) is 5.49. The van der Waals surface area contributed by atoms with E-state index in [-0.39, 0.29) is 6.61 Å². The Morgan fingerprint density at radius 1 is 1.18 bits per heavy atom. The molecule has 0 aliphatic rings. The Morgan fingerprint density at radius 3 is 2.76 bits per heavy atom. The van der Waals surface area contributed by atoms with Crippen LogP contribution in [0.15, 0.2) is 36.7 Å². The van der Waals surface area contributed by atoms with Gasteiger partial charge in [-0.15, -0.1) is 10.2 Å². The smallest absolute Gasteiger partial charge is 0.156 e. The van der Waals surface area contributed by atoms with Crippen LogP contribution in [0.5, 0.6) is 0 Å². The summed E-state index contributed by atoms with van der Waals surface area (Å²) in [6, 6.07) is 9.76. The van der Waals surface area contributed by atoms with Crippen molar-refractivity contribution in [3.63, 3.8) is 0 Å². The van der Waals surface area contributed by atoms with Gasteiger partial charge in [-0.1, -0.05) is 30.3 Å². The molecule has 0 atom stereocenters. The zero-order valence-electron chi connectivity index (χ0n) is 9.37. The van der Waals surface area contributed by atoms with E-state index in [2.05, 4.69) is 20.5 Å². The first-order valence-corrected chi connectivity index (χ1v) is 5.49. The summed E-state index contributed by atoms with van der Waals surface area (Å²) in [7, 11) is 0. The van der Waals surface area contributed by atoms with E-state index < -0.39 is 0 Å². The molecule has 0 saturated carbocycles. The van der Waals surface area contributed by atoms with E-state index in [1.807, 2.05) is 30.3 Å². The molecule has 0 spiro atoms. The van der Waals surface area contributed by atoms with Crippen LogP contribution in [-0.4, -0.2) is 33.4 Å². The summed E-state index contributed by atoms with van der Waals surface area (Å²) in [5.74, 6) is 0.694. The van der Waals surface area contributed by atoms with E-state index in [0.717, 1.165) is 11.3 Å². The van der Waals surface area contributed by atoms with Crippen LogP contribution in [0, 0.1) is 0 Å². The van der Waals surface area contributed by atoms with Crippen molar-refractivity contribution in [2.24, 2.45) is 0 Å². The van der Waals surface area contributed by atoms with E-state index >= 15 is 0 Å². The Balaban J connectivity index is 2.22. The lowest BCUT2D eigenvalue weighted by atomic mass is 10.1. The van der Waals surface area contributed by atoms with Gasteiger partial charge in [0, 0.05) is 18.7 Å². The molecule has 0 aliphatic heterocycles. The van der Waals surface area contributed by atoms with Crippen LogP contribution in [0.2, 0.25) is 0 Å². The molecule has 0 bridgehead atoms. The summed E-state index contributed by atoms with van der Waals surface area (Å²) in [6.07, 6.45) is 2.09. The van der Waals surface area contributed by atoms with Gasteiger partial charge in [-0.25, -0.2) is 4.98 Å². The Kier molecular flexibility index (Phi) is 3.99. The number of nitrogens with zero attached hydrogens (tertiary/aromatic N) is 3. The molecule has 0 aliphatic carbocycles. The van der Waals surface area contributed by atoms with Gasteiger partial charge in [0.1, 0.15) is 12.0 Å². The molecule has 1 heterocycles. The molecule has 0 amide bonds. The second-order valence-electron chi connectivity index (χ2n) is 3.53. The third-order valence-corrected chi connectivity index (χ3v) is 2.30. The van der Waals surface area contributed by atoms with Gasteiger partial charge in [-0.3, -0.25) is 0 Å². The fraction of sp³-hybridized carbons (Fsp3) is 0.250. The van der Waals surface area contributed by atoms with Crippen molar-refractivity contribution >= 4 is 5.82 Å². The van der Waals surface area contributed by atoms with E-state index in [0.29, 0.717) is 18.8 Å². The van der Waals surface area contributed by atoms with Crippen LogP contribution in [0.3, 0.4) is 0 Å². The SMILES string of the molecule is OCCCNc1ncnnc1-c1ccccc1. The Hall–Kier alpha value is -2.01. The number of hydrogen-bond acceptors (Lipinski definition) is 5. The van der Waals surface area contributed by atoms with Crippen LogP contribution in [0.4, 0.5) is 5.82 Å². The number of aliphatic hydroxyl groups excluding tert-OH is 1. The Bertz CT molecular complexity index is 461. The summed E-state index contributed by atoms with van der Waals surface area (Å²) >= 11 is 0. The third kappa shape index (κ3) is 2.98. The normalized spacial score (nSPS) is 10.2. The van der Waals surface area contributed by atoms with Crippen molar-refractivity contribution in [2.45, 2.75) is 6.42 Å². The predicted octanol–water partition coefficient (Wildman–Crippen LogP) is 1.33. The number of aliphatic hydroxyl groups is 1. The highest BCUT2D eigenvalue weighted by molar-refractivity contribution is 5.70. The molecule has 5 nitrogen and oxygen atoms in total. The summed E-state index contributed by atoms with van der Waals surface area (Å²) < 4.78 is 0. The molecule has 88 valence electrons. The highest BCUT2D eigenvalue weighted by Crippen LogP contribution is 2.21. The Morgan fingerprint density at radius 2 is 2.00 bits per heavy atom. The zero-order chi connectivity index (χ0) is 11.9. The predicted molar refractivity (Wildman–Crippen MR) is 65.5 cm³/mol. The van der Waals surface area contributed by atoms with Gasteiger partial charge in [0.05, 0.1) is 0 Å². The van der Waals surface area contributed by atoms with Gasteiger partial charge < -0.3 is 10.4 Å². The van der Waals surface area contributed by atoms with Gasteiger partial charge in [-0.05, 0) is 6.42 Å². The molecular formula is C12H14N4O. The maximum Gasteiger partial charge on any atom is 0.156 e. The molecule has 2 aromatic rings. The average Bonchev–Trinajstić information content (AvgIpc) is 2.41. The van der Waals surface area contributed by atoms with Crippen LogP contribution < -0.4 is 5.32 Å². The lowest BCUT2D eigenvalue weighted by Crippen LogP contribution is -2.07. The minimum Gasteiger partial charge on any atom is -0.396 e.